The van der Waals surface area contributed by atoms with E-state index in [9.17, 15) is 0 Å². The summed E-state index contributed by atoms with van der Waals surface area (Å²) >= 11 is 0. The Balaban J connectivity index is 1.96. The molecule has 1 aromatic heterocycles. The fraction of sp³-hybridized carbons (Fsp3) is 0.353. The molecule has 0 aliphatic heterocycles. The van der Waals surface area contributed by atoms with Gasteiger partial charge in [0.2, 0.25) is 0 Å². The van der Waals surface area contributed by atoms with E-state index in [0.29, 0.717) is 0 Å². The van der Waals surface area contributed by atoms with Crippen molar-refractivity contribution in [1.82, 2.24) is 15.2 Å². The molecular weight excluding hydrogens is 262 g/mol. The van der Waals surface area contributed by atoms with Gasteiger partial charge in [-0.25, -0.2) is 0 Å². The number of hydrogen-bond donors (Lipinski definition) is 1. The van der Waals surface area contributed by atoms with Crippen molar-refractivity contribution in [3.8, 4) is 5.75 Å². The van der Waals surface area contributed by atoms with Crippen LogP contribution in [0.1, 0.15) is 16.8 Å². The van der Waals surface area contributed by atoms with Gasteiger partial charge >= 0.3 is 0 Å². The first-order chi connectivity index (χ1) is 10.2. The predicted molar refractivity (Wildman–Crippen MR) is 85.2 cm³/mol. The Morgan fingerprint density at radius 2 is 2.00 bits per heavy atom. The van der Waals surface area contributed by atoms with Crippen molar-refractivity contribution in [3.05, 3.63) is 59.4 Å². The van der Waals surface area contributed by atoms with Gasteiger partial charge in [-0.3, -0.25) is 4.98 Å². The highest BCUT2D eigenvalue weighted by molar-refractivity contribution is 5.37. The van der Waals surface area contributed by atoms with Crippen molar-refractivity contribution in [2.45, 2.75) is 19.6 Å². The number of pyridine rings is 1. The number of benzene rings is 1. The number of methoxy groups -OCH3 is 1. The summed E-state index contributed by atoms with van der Waals surface area (Å²) in [6, 6.07) is 12.3. The molecule has 2 aromatic rings. The van der Waals surface area contributed by atoms with Crippen LogP contribution in [0.5, 0.6) is 5.75 Å². The molecule has 0 atom stereocenters. The average molecular weight is 285 g/mol. The minimum atomic E-state index is 0.753. The van der Waals surface area contributed by atoms with E-state index in [1.807, 2.05) is 24.4 Å². The molecule has 0 amide bonds. The van der Waals surface area contributed by atoms with Gasteiger partial charge in [-0.15, -0.1) is 0 Å². The maximum atomic E-state index is 5.50. The summed E-state index contributed by atoms with van der Waals surface area (Å²) < 4.78 is 5.50. The van der Waals surface area contributed by atoms with Crippen LogP contribution in [0.25, 0.3) is 0 Å². The minimum absolute atomic E-state index is 0.753. The monoisotopic (exact) mass is 285 g/mol. The third-order valence-corrected chi connectivity index (χ3v) is 3.20. The predicted octanol–water partition coefficient (Wildman–Crippen LogP) is 2.44. The molecule has 0 bridgehead atoms. The first kappa shape index (κ1) is 15.5. The second kappa shape index (κ2) is 7.76. The summed E-state index contributed by atoms with van der Waals surface area (Å²) in [7, 11) is 5.85. The highest BCUT2D eigenvalue weighted by Crippen LogP contribution is 2.20. The summed E-state index contributed by atoms with van der Waals surface area (Å²) in [4.78, 5) is 6.45. The summed E-state index contributed by atoms with van der Waals surface area (Å²) in [5.74, 6) is 0.933. The first-order valence-electron chi connectivity index (χ1n) is 7.10. The Labute approximate surface area is 126 Å². The van der Waals surface area contributed by atoms with Gasteiger partial charge in [-0.05, 0) is 37.9 Å². The molecule has 112 valence electrons. The molecule has 2 rings (SSSR count). The number of rotatable bonds is 7. The van der Waals surface area contributed by atoms with Gasteiger partial charge in [-0.2, -0.15) is 0 Å². The van der Waals surface area contributed by atoms with E-state index in [2.05, 4.69) is 47.5 Å². The third-order valence-electron chi connectivity index (χ3n) is 3.20. The van der Waals surface area contributed by atoms with E-state index in [1.54, 1.807) is 7.11 Å². The molecule has 1 aromatic carbocycles. The van der Waals surface area contributed by atoms with E-state index < -0.39 is 0 Å². The third kappa shape index (κ3) is 4.85. The number of hydrogen-bond acceptors (Lipinski definition) is 4. The molecule has 0 radical (unpaired) electrons. The van der Waals surface area contributed by atoms with Crippen LogP contribution in [0.15, 0.2) is 42.6 Å². The molecular formula is C17H23N3O. The Bertz CT molecular complexity index is 555. The number of aromatic nitrogens is 1. The van der Waals surface area contributed by atoms with Crippen LogP contribution in [0, 0.1) is 0 Å². The van der Waals surface area contributed by atoms with Gasteiger partial charge in [-0.1, -0.05) is 18.2 Å². The lowest BCUT2D eigenvalue weighted by atomic mass is 10.1. The van der Waals surface area contributed by atoms with Crippen LogP contribution in [0.2, 0.25) is 0 Å². The van der Waals surface area contributed by atoms with E-state index in [-0.39, 0.29) is 0 Å². The van der Waals surface area contributed by atoms with Crippen LogP contribution in [0.4, 0.5) is 0 Å². The fourth-order valence-corrected chi connectivity index (χ4v) is 2.23. The molecule has 0 aliphatic rings. The summed E-state index contributed by atoms with van der Waals surface area (Å²) in [6.45, 7) is 2.43. The van der Waals surface area contributed by atoms with Crippen LogP contribution in [0.3, 0.4) is 0 Å². The van der Waals surface area contributed by atoms with Gasteiger partial charge in [0.05, 0.1) is 12.8 Å². The normalized spacial score (nSPS) is 10.9. The maximum Gasteiger partial charge on any atom is 0.123 e. The van der Waals surface area contributed by atoms with Crippen LogP contribution < -0.4 is 10.1 Å². The van der Waals surface area contributed by atoms with Crippen molar-refractivity contribution >= 4 is 0 Å². The largest absolute Gasteiger partial charge is 0.496 e. The molecule has 0 fully saturated rings. The molecule has 0 aliphatic carbocycles. The van der Waals surface area contributed by atoms with Crippen molar-refractivity contribution in [1.29, 1.82) is 0 Å². The minimum Gasteiger partial charge on any atom is -0.496 e. The van der Waals surface area contributed by atoms with Crippen LogP contribution in [-0.4, -0.2) is 31.1 Å². The molecule has 4 nitrogen and oxygen atoms in total. The molecule has 1 N–H and O–H groups in total. The molecule has 0 unspecified atom stereocenters. The van der Waals surface area contributed by atoms with Gasteiger partial charge < -0.3 is 15.0 Å². The van der Waals surface area contributed by atoms with E-state index in [0.717, 1.165) is 36.6 Å². The smallest absolute Gasteiger partial charge is 0.123 e. The molecule has 0 saturated heterocycles. The molecule has 21 heavy (non-hydrogen) atoms. The summed E-state index contributed by atoms with van der Waals surface area (Å²) in [5, 5.41) is 3.40. The molecule has 0 spiro atoms. The van der Waals surface area contributed by atoms with Crippen molar-refractivity contribution in [2.75, 3.05) is 21.2 Å². The van der Waals surface area contributed by atoms with E-state index in [1.165, 1.54) is 5.56 Å². The topological polar surface area (TPSA) is 37.4 Å². The van der Waals surface area contributed by atoms with Gasteiger partial charge in [0.15, 0.2) is 0 Å². The van der Waals surface area contributed by atoms with Crippen LogP contribution >= 0.6 is 0 Å². The quantitative estimate of drug-likeness (QED) is 0.848. The second-order valence-corrected chi connectivity index (χ2v) is 5.31. The maximum absolute atomic E-state index is 5.50. The second-order valence-electron chi connectivity index (χ2n) is 5.31. The van der Waals surface area contributed by atoms with Crippen molar-refractivity contribution in [2.24, 2.45) is 0 Å². The van der Waals surface area contributed by atoms with E-state index in [4.69, 9.17) is 4.74 Å². The van der Waals surface area contributed by atoms with Gasteiger partial charge in [0.25, 0.3) is 0 Å². The SMILES string of the molecule is COc1cc(CN(C)C)ccc1CNCc1ccccn1. The zero-order chi connectivity index (χ0) is 15.1. The van der Waals surface area contributed by atoms with Crippen LogP contribution in [-0.2, 0) is 19.6 Å². The Hall–Kier alpha value is -1.91. The fourth-order valence-electron chi connectivity index (χ4n) is 2.23. The summed E-state index contributed by atoms with van der Waals surface area (Å²) in [5.41, 5.74) is 3.46. The van der Waals surface area contributed by atoms with Crippen molar-refractivity contribution in [3.63, 3.8) is 0 Å². The lowest BCUT2D eigenvalue weighted by molar-refractivity contribution is 0.392. The van der Waals surface area contributed by atoms with Gasteiger partial charge in [0, 0.05) is 31.4 Å². The molecule has 0 saturated carbocycles. The zero-order valence-electron chi connectivity index (χ0n) is 13.0. The Morgan fingerprint density at radius 1 is 1.14 bits per heavy atom. The van der Waals surface area contributed by atoms with Gasteiger partial charge in [0.1, 0.15) is 5.75 Å². The Morgan fingerprint density at radius 3 is 2.67 bits per heavy atom. The van der Waals surface area contributed by atoms with Crippen molar-refractivity contribution < 1.29 is 4.74 Å². The number of ether oxygens (including phenoxy) is 1. The molecule has 4 heteroatoms. The first-order valence-corrected chi connectivity index (χ1v) is 7.10. The summed E-state index contributed by atoms with van der Waals surface area (Å²) in [6.07, 6.45) is 1.81. The highest BCUT2D eigenvalue weighted by atomic mass is 16.5. The number of nitrogens with one attached hydrogen (secondary N) is 1. The lowest BCUT2D eigenvalue weighted by Crippen LogP contribution is -2.15. The number of nitrogens with zero attached hydrogens (tertiary/aromatic N) is 2. The standard InChI is InChI=1S/C17H23N3O/c1-20(2)13-14-7-8-15(17(10-14)21-3)11-18-12-16-6-4-5-9-19-16/h4-10,18H,11-13H2,1-3H3. The highest BCUT2D eigenvalue weighted by Gasteiger charge is 2.05. The zero-order valence-corrected chi connectivity index (χ0v) is 13.0. The lowest BCUT2D eigenvalue weighted by Gasteiger charge is -2.14. The Kier molecular flexibility index (Phi) is 5.72. The molecule has 1 heterocycles. The van der Waals surface area contributed by atoms with E-state index >= 15 is 0 Å². The average Bonchev–Trinajstić information content (AvgIpc) is 2.49.